The van der Waals surface area contributed by atoms with Gasteiger partial charge in [0.25, 0.3) is 0 Å². The predicted molar refractivity (Wildman–Crippen MR) is 61.8 cm³/mol. The first-order valence-corrected chi connectivity index (χ1v) is 4.98. The van der Waals surface area contributed by atoms with Crippen LogP contribution in [0.25, 0.3) is 5.69 Å². The van der Waals surface area contributed by atoms with E-state index in [1.54, 1.807) is 0 Å². The van der Waals surface area contributed by atoms with Crippen molar-refractivity contribution < 1.29 is 0 Å². The summed E-state index contributed by atoms with van der Waals surface area (Å²) in [4.78, 5) is 0. The smallest absolute Gasteiger partial charge is 0.168 e. The third-order valence-electron chi connectivity index (χ3n) is 2.55. The lowest BCUT2D eigenvalue weighted by molar-refractivity contribution is 0.833. The van der Waals surface area contributed by atoms with Crippen molar-refractivity contribution in [2.24, 2.45) is 0 Å². The Morgan fingerprint density at radius 3 is 2.40 bits per heavy atom. The maximum atomic E-state index is 4.50. The lowest BCUT2D eigenvalue weighted by Gasteiger charge is -1.99. The number of rotatable bonds is 2. The summed E-state index contributed by atoms with van der Waals surface area (Å²) in [5.41, 5.74) is 4.37. The van der Waals surface area contributed by atoms with Crippen LogP contribution in [-0.2, 0) is 0 Å². The number of para-hydroxylation sites is 1. The van der Waals surface area contributed by atoms with Crippen molar-refractivity contribution in [3.8, 4) is 5.69 Å². The fourth-order valence-electron chi connectivity index (χ4n) is 1.77. The number of hydrogen-bond donors (Lipinski definition) is 0. The minimum Gasteiger partial charge on any atom is -0.260 e. The van der Waals surface area contributed by atoms with Gasteiger partial charge in [0.15, 0.2) is 5.69 Å². The van der Waals surface area contributed by atoms with E-state index in [-0.39, 0.29) is 0 Å². The van der Waals surface area contributed by atoms with Crippen molar-refractivity contribution in [3.05, 3.63) is 60.6 Å². The molecule has 1 aromatic heterocycles. The van der Waals surface area contributed by atoms with Gasteiger partial charge in [-0.15, -0.1) is 6.42 Å². The van der Waals surface area contributed by atoms with Crippen LogP contribution in [0.15, 0.2) is 30.3 Å². The molecule has 0 N–H and O–H groups in total. The van der Waals surface area contributed by atoms with E-state index >= 15 is 0 Å². The van der Waals surface area contributed by atoms with Crippen LogP contribution in [-0.4, -0.2) is 9.78 Å². The molecule has 0 fully saturated rings. The molecule has 2 aromatic rings. The Morgan fingerprint density at radius 2 is 1.87 bits per heavy atom. The average Bonchev–Trinajstić information content (AvgIpc) is 2.55. The summed E-state index contributed by atoms with van der Waals surface area (Å²) in [6.45, 7) is 7.87. The van der Waals surface area contributed by atoms with Crippen LogP contribution in [0.1, 0.15) is 17.0 Å². The van der Waals surface area contributed by atoms with Gasteiger partial charge >= 0.3 is 0 Å². The van der Waals surface area contributed by atoms with Gasteiger partial charge in [-0.1, -0.05) is 23.3 Å². The zero-order valence-electron chi connectivity index (χ0n) is 9.07. The largest absolute Gasteiger partial charge is 0.260 e. The monoisotopic (exact) mass is 198 g/mol. The van der Waals surface area contributed by atoms with Gasteiger partial charge in [0.2, 0.25) is 0 Å². The van der Waals surface area contributed by atoms with Gasteiger partial charge in [-0.2, -0.15) is 4.68 Å². The normalized spacial score (nSPS) is 10.3. The second-order valence-electron chi connectivity index (χ2n) is 3.54. The second kappa shape index (κ2) is 3.81. The van der Waals surface area contributed by atoms with Crippen LogP contribution >= 0.6 is 0 Å². The molecule has 76 valence electrons. The minimum absolute atomic E-state index is 1.02. The number of benzene rings is 1. The molecule has 0 amide bonds. The predicted octanol–water partition coefficient (Wildman–Crippen LogP) is 2.88. The van der Waals surface area contributed by atoms with Crippen molar-refractivity contribution in [1.29, 1.82) is 0 Å². The Bertz CT molecular complexity index is 455. The van der Waals surface area contributed by atoms with Gasteiger partial charge in [-0.25, -0.2) is 0 Å². The van der Waals surface area contributed by atoms with E-state index < -0.39 is 0 Å². The first kappa shape index (κ1) is 9.84. The molecule has 0 atom stereocenters. The minimum atomic E-state index is 1.02. The average molecular weight is 198 g/mol. The number of hydrogen-bond acceptors (Lipinski definition) is 1. The molecular formula is C13H14N2. The van der Waals surface area contributed by atoms with E-state index in [1.807, 2.05) is 48.4 Å². The highest BCUT2D eigenvalue weighted by Gasteiger charge is 2.17. The van der Waals surface area contributed by atoms with Gasteiger partial charge in [-0.3, -0.25) is 6.92 Å². The molecule has 0 aliphatic rings. The molecule has 1 aromatic carbocycles. The van der Waals surface area contributed by atoms with Crippen LogP contribution in [0.3, 0.4) is 0 Å². The van der Waals surface area contributed by atoms with Crippen molar-refractivity contribution >= 4 is 0 Å². The summed E-state index contributed by atoms with van der Waals surface area (Å²) in [7, 11) is 0. The molecule has 2 rings (SSSR count). The van der Waals surface area contributed by atoms with Crippen molar-refractivity contribution in [2.45, 2.75) is 13.8 Å². The Balaban J connectivity index is 2.55. The van der Waals surface area contributed by atoms with Crippen LogP contribution in [0, 0.1) is 27.2 Å². The lowest BCUT2D eigenvalue weighted by Crippen LogP contribution is -1.98. The number of nitrogens with zero attached hydrogens (tertiary/aromatic N) is 2. The first-order chi connectivity index (χ1) is 7.24. The SMILES string of the molecule is [CH2-][CH+]c1c(C)nn(-c2ccccc2)c1C. The zero-order valence-corrected chi connectivity index (χ0v) is 9.07. The molecule has 1 heterocycles. The van der Waals surface area contributed by atoms with Crippen molar-refractivity contribution in [2.75, 3.05) is 0 Å². The highest BCUT2D eigenvalue weighted by atomic mass is 15.3. The summed E-state index contributed by atoms with van der Waals surface area (Å²) in [6.07, 6.45) is 1.86. The Morgan fingerprint density at radius 1 is 1.20 bits per heavy atom. The molecule has 0 aliphatic heterocycles. The molecule has 0 spiro atoms. The Kier molecular flexibility index (Phi) is 2.50. The van der Waals surface area contributed by atoms with E-state index in [1.165, 1.54) is 0 Å². The lowest BCUT2D eigenvalue weighted by atomic mass is 10.1. The van der Waals surface area contributed by atoms with Gasteiger partial charge < -0.3 is 0 Å². The molecule has 0 bridgehead atoms. The standard InChI is InChI=1S/C13H14N2/c1-4-13-10(2)14-15(11(13)3)12-8-6-5-7-9-12/h4-9H,1H2,2-3H3. The highest BCUT2D eigenvalue weighted by Crippen LogP contribution is 2.18. The van der Waals surface area contributed by atoms with Gasteiger partial charge in [0.1, 0.15) is 11.3 Å². The summed E-state index contributed by atoms with van der Waals surface area (Å²) in [5, 5.41) is 4.50. The molecule has 0 unspecified atom stereocenters. The van der Waals surface area contributed by atoms with Crippen LogP contribution in [0.4, 0.5) is 0 Å². The summed E-state index contributed by atoms with van der Waals surface area (Å²) in [6, 6.07) is 10.1. The Labute approximate surface area is 90.6 Å². The number of aryl methyl sites for hydroxylation is 1. The maximum Gasteiger partial charge on any atom is 0.168 e. The highest BCUT2D eigenvalue weighted by molar-refractivity contribution is 5.40. The van der Waals surface area contributed by atoms with E-state index in [4.69, 9.17) is 0 Å². The molecule has 2 heteroatoms. The van der Waals surface area contributed by atoms with E-state index in [2.05, 4.69) is 18.9 Å². The summed E-state index contributed by atoms with van der Waals surface area (Å²) < 4.78 is 1.95. The molecule has 2 nitrogen and oxygen atoms in total. The topological polar surface area (TPSA) is 17.8 Å². The fraction of sp³-hybridized carbons (Fsp3) is 0.154. The zero-order chi connectivity index (χ0) is 10.8. The number of aromatic nitrogens is 2. The molecule has 0 radical (unpaired) electrons. The fourth-order valence-corrected chi connectivity index (χ4v) is 1.77. The molecule has 0 saturated carbocycles. The van der Waals surface area contributed by atoms with E-state index in [0.717, 1.165) is 22.6 Å². The van der Waals surface area contributed by atoms with Gasteiger partial charge in [-0.05, 0) is 12.1 Å². The molecule has 0 saturated heterocycles. The second-order valence-corrected chi connectivity index (χ2v) is 3.54. The quantitative estimate of drug-likeness (QED) is 0.678. The molecular weight excluding hydrogens is 184 g/mol. The maximum absolute atomic E-state index is 4.50. The third-order valence-corrected chi connectivity index (χ3v) is 2.55. The summed E-state index contributed by atoms with van der Waals surface area (Å²) >= 11 is 0. The van der Waals surface area contributed by atoms with Crippen molar-refractivity contribution in [1.82, 2.24) is 9.78 Å². The van der Waals surface area contributed by atoms with Crippen LogP contribution in [0.5, 0.6) is 0 Å². The Hall–Kier alpha value is -1.70. The molecule has 0 aliphatic carbocycles. The summed E-state index contributed by atoms with van der Waals surface area (Å²) in [5.74, 6) is 0. The van der Waals surface area contributed by atoms with Gasteiger partial charge in [0.05, 0.1) is 5.69 Å². The first-order valence-electron chi connectivity index (χ1n) is 4.98. The van der Waals surface area contributed by atoms with Crippen LogP contribution in [0.2, 0.25) is 0 Å². The van der Waals surface area contributed by atoms with Crippen LogP contribution < -0.4 is 0 Å². The third kappa shape index (κ3) is 1.63. The van der Waals surface area contributed by atoms with E-state index in [9.17, 15) is 0 Å². The van der Waals surface area contributed by atoms with Crippen molar-refractivity contribution in [3.63, 3.8) is 0 Å². The van der Waals surface area contributed by atoms with Gasteiger partial charge in [0, 0.05) is 13.8 Å². The van der Waals surface area contributed by atoms with E-state index in [0.29, 0.717) is 0 Å². The molecule has 15 heavy (non-hydrogen) atoms.